The smallest absolute Gasteiger partial charge is 0.165 e. The van der Waals surface area contributed by atoms with Gasteiger partial charge in [-0.2, -0.15) is 0 Å². The third kappa shape index (κ3) is 9.96. The van der Waals surface area contributed by atoms with Crippen LogP contribution in [0.5, 0.6) is 11.5 Å². The number of aromatic amines is 1. The zero-order valence-electron chi connectivity index (χ0n) is 30.7. The average molecular weight is 697 g/mol. The molecule has 5 aromatic rings. The van der Waals surface area contributed by atoms with E-state index >= 15 is 0 Å². The molecule has 0 bridgehead atoms. The Morgan fingerprint density at radius 2 is 1.17 bits per heavy atom. The maximum atomic E-state index is 6.12. The number of nitrogens with one attached hydrogen (secondary N) is 2. The third-order valence-electron chi connectivity index (χ3n) is 9.27. The van der Waals surface area contributed by atoms with E-state index in [1.165, 1.54) is 64.2 Å². The van der Waals surface area contributed by atoms with Crippen LogP contribution in [0.3, 0.4) is 0 Å². The number of amidine groups is 1. The van der Waals surface area contributed by atoms with E-state index in [-0.39, 0.29) is 0 Å². The first-order valence-electron chi connectivity index (χ1n) is 19.2. The van der Waals surface area contributed by atoms with Crippen LogP contribution in [-0.2, 0) is 0 Å². The Labute approximate surface area is 308 Å². The summed E-state index contributed by atoms with van der Waals surface area (Å²) in [6, 6.07) is 28.1. The zero-order chi connectivity index (χ0) is 35.8. The predicted octanol–water partition coefficient (Wildman–Crippen LogP) is 11.6. The molecule has 3 aromatic heterocycles. The summed E-state index contributed by atoms with van der Waals surface area (Å²) in [4.78, 5) is 22.9. The first-order chi connectivity index (χ1) is 25.7. The lowest BCUT2D eigenvalue weighted by atomic mass is 9.99. The first-order valence-corrected chi connectivity index (χ1v) is 19.2. The summed E-state index contributed by atoms with van der Waals surface area (Å²) < 4.78 is 12.2. The van der Waals surface area contributed by atoms with E-state index in [0.29, 0.717) is 11.7 Å². The van der Waals surface area contributed by atoms with Gasteiger partial charge in [0.2, 0.25) is 0 Å². The lowest BCUT2D eigenvalue weighted by Gasteiger charge is -2.10. The van der Waals surface area contributed by atoms with Gasteiger partial charge in [-0.3, -0.25) is 0 Å². The normalized spacial score (nSPS) is 12.9. The Kier molecular flexibility index (Phi) is 13.6. The number of benzene rings is 2. The molecule has 52 heavy (non-hydrogen) atoms. The molecule has 2 N–H and O–H groups in total. The highest BCUT2D eigenvalue weighted by Gasteiger charge is 2.32. The summed E-state index contributed by atoms with van der Waals surface area (Å²) in [7, 11) is 0. The first kappa shape index (κ1) is 36.5. The van der Waals surface area contributed by atoms with Gasteiger partial charge in [0.05, 0.1) is 35.7 Å². The SMILES string of the molecule is CCCCCCCCOc1ccc(C2=N/C(=N\c3ccccn3)c3c(-c4ccc(OCCCCCCCC)cc4)[nH]c(Nc4ccccn4)c32)cc1. The zero-order valence-corrected chi connectivity index (χ0v) is 30.7. The second kappa shape index (κ2) is 19.4. The van der Waals surface area contributed by atoms with E-state index in [4.69, 9.17) is 19.5 Å². The summed E-state index contributed by atoms with van der Waals surface area (Å²) in [6.07, 6.45) is 18.4. The molecule has 1 aliphatic heterocycles. The van der Waals surface area contributed by atoms with Gasteiger partial charge in [-0.25, -0.2) is 20.0 Å². The maximum Gasteiger partial charge on any atom is 0.165 e. The number of aromatic nitrogens is 3. The van der Waals surface area contributed by atoms with Crippen LogP contribution in [0.25, 0.3) is 11.3 Å². The largest absolute Gasteiger partial charge is 0.494 e. The summed E-state index contributed by atoms with van der Waals surface area (Å²) in [5.74, 6) is 4.43. The fourth-order valence-electron chi connectivity index (χ4n) is 6.44. The Balaban J connectivity index is 1.29. The minimum atomic E-state index is 0.593. The molecule has 0 aliphatic carbocycles. The van der Waals surface area contributed by atoms with Crippen LogP contribution in [0.4, 0.5) is 17.5 Å². The van der Waals surface area contributed by atoms with Crippen molar-refractivity contribution in [2.24, 2.45) is 9.98 Å². The molecule has 0 spiro atoms. The average Bonchev–Trinajstić information content (AvgIpc) is 3.74. The molecule has 6 rings (SSSR count). The van der Waals surface area contributed by atoms with Gasteiger partial charge in [0, 0.05) is 18.0 Å². The van der Waals surface area contributed by atoms with Crippen molar-refractivity contribution < 1.29 is 9.47 Å². The lowest BCUT2D eigenvalue weighted by molar-refractivity contribution is 0.304. The van der Waals surface area contributed by atoms with Gasteiger partial charge in [-0.15, -0.1) is 0 Å². The topological polar surface area (TPSA) is 96.8 Å². The van der Waals surface area contributed by atoms with Crippen LogP contribution in [0.15, 0.2) is 107 Å². The van der Waals surface area contributed by atoms with Gasteiger partial charge in [0.15, 0.2) is 11.7 Å². The molecule has 1 aliphatic rings. The molecular formula is C44H52N6O2. The molecule has 270 valence electrons. The molecule has 4 heterocycles. The Morgan fingerprint density at radius 1 is 0.596 bits per heavy atom. The van der Waals surface area contributed by atoms with Gasteiger partial charge in [0.25, 0.3) is 0 Å². The van der Waals surface area contributed by atoms with Gasteiger partial charge in [0.1, 0.15) is 23.1 Å². The molecule has 0 atom stereocenters. The van der Waals surface area contributed by atoms with Crippen molar-refractivity contribution in [3.8, 4) is 22.8 Å². The number of hydrogen-bond acceptors (Lipinski definition) is 6. The van der Waals surface area contributed by atoms with E-state index < -0.39 is 0 Å². The van der Waals surface area contributed by atoms with E-state index in [1.54, 1.807) is 12.4 Å². The van der Waals surface area contributed by atoms with Crippen molar-refractivity contribution in [1.29, 1.82) is 0 Å². The van der Waals surface area contributed by atoms with Crippen molar-refractivity contribution in [3.63, 3.8) is 0 Å². The number of hydrogen-bond donors (Lipinski definition) is 2. The highest BCUT2D eigenvalue weighted by Crippen LogP contribution is 2.40. The molecule has 0 unspecified atom stereocenters. The number of rotatable bonds is 21. The summed E-state index contributed by atoms with van der Waals surface area (Å²) in [5.41, 5.74) is 5.52. The third-order valence-corrected chi connectivity index (χ3v) is 9.27. The van der Waals surface area contributed by atoms with E-state index in [2.05, 4.69) is 58.4 Å². The quantitative estimate of drug-likeness (QED) is 0.0744. The summed E-state index contributed by atoms with van der Waals surface area (Å²) in [6.45, 7) is 5.94. The van der Waals surface area contributed by atoms with Gasteiger partial charge in [-0.05, 0) is 91.2 Å². The lowest BCUT2D eigenvalue weighted by Crippen LogP contribution is -2.05. The fraction of sp³-hybridized carbons (Fsp3) is 0.364. The van der Waals surface area contributed by atoms with Crippen molar-refractivity contribution in [1.82, 2.24) is 15.0 Å². The number of pyridine rings is 2. The van der Waals surface area contributed by atoms with Crippen molar-refractivity contribution in [2.75, 3.05) is 18.5 Å². The highest BCUT2D eigenvalue weighted by molar-refractivity contribution is 6.33. The molecule has 0 radical (unpaired) electrons. The van der Waals surface area contributed by atoms with Crippen LogP contribution < -0.4 is 14.8 Å². The van der Waals surface area contributed by atoms with Gasteiger partial charge >= 0.3 is 0 Å². The fourth-order valence-corrected chi connectivity index (χ4v) is 6.44. The predicted molar refractivity (Wildman–Crippen MR) is 214 cm³/mol. The van der Waals surface area contributed by atoms with Gasteiger partial charge in [-0.1, -0.05) is 90.2 Å². The Bertz CT molecular complexity index is 1870. The maximum absolute atomic E-state index is 6.12. The molecule has 0 saturated carbocycles. The van der Waals surface area contributed by atoms with Crippen LogP contribution in [0, 0.1) is 0 Å². The van der Waals surface area contributed by atoms with Crippen molar-refractivity contribution >= 4 is 29.0 Å². The summed E-state index contributed by atoms with van der Waals surface area (Å²) >= 11 is 0. The Morgan fingerprint density at radius 3 is 1.75 bits per heavy atom. The minimum Gasteiger partial charge on any atom is -0.494 e. The molecular weight excluding hydrogens is 645 g/mol. The number of ether oxygens (including phenoxy) is 2. The highest BCUT2D eigenvalue weighted by atomic mass is 16.5. The van der Waals surface area contributed by atoms with Crippen molar-refractivity contribution in [2.45, 2.75) is 90.9 Å². The number of anilines is 2. The van der Waals surface area contributed by atoms with Crippen LogP contribution in [0.2, 0.25) is 0 Å². The molecule has 8 heteroatoms. The number of H-pyrrole nitrogens is 1. The second-order valence-corrected chi connectivity index (χ2v) is 13.3. The molecule has 0 saturated heterocycles. The Hall–Kier alpha value is -5.24. The van der Waals surface area contributed by atoms with Crippen LogP contribution >= 0.6 is 0 Å². The van der Waals surface area contributed by atoms with E-state index in [9.17, 15) is 0 Å². The summed E-state index contributed by atoms with van der Waals surface area (Å²) in [5, 5.41) is 3.54. The molecule has 2 aromatic carbocycles. The van der Waals surface area contributed by atoms with Crippen molar-refractivity contribution in [3.05, 3.63) is 114 Å². The number of fused-ring (bicyclic) bond motifs is 1. The van der Waals surface area contributed by atoms with E-state index in [1.807, 2.05) is 60.7 Å². The van der Waals surface area contributed by atoms with Crippen LogP contribution in [0.1, 0.15) is 108 Å². The van der Waals surface area contributed by atoms with Gasteiger partial charge < -0.3 is 19.8 Å². The molecule has 0 fully saturated rings. The molecule has 0 amide bonds. The van der Waals surface area contributed by atoms with Crippen LogP contribution in [-0.4, -0.2) is 39.7 Å². The monoisotopic (exact) mass is 696 g/mol. The number of aliphatic imine (C=N–C) groups is 2. The number of unbranched alkanes of at least 4 members (excludes halogenated alkanes) is 10. The number of nitrogens with zero attached hydrogens (tertiary/aromatic N) is 4. The minimum absolute atomic E-state index is 0.593. The van der Waals surface area contributed by atoms with E-state index in [0.717, 1.165) is 82.8 Å². The second-order valence-electron chi connectivity index (χ2n) is 13.3. The molecule has 8 nitrogen and oxygen atoms in total. The standard InChI is InChI=1S/C44H52N6O2/c1-3-5-7-9-11-17-31-51-35-25-21-33(22-26-35)41-39-40(44(49-41)48-38-20-14-16-30-46-38)42(50-43(39)47-37-19-13-15-29-45-37)34-23-27-36(28-24-34)52-32-18-12-10-8-6-4-2/h13-16,19-30,49H,3-12,17-18,31-32H2,1-2H3,(H,46,48)/b47-43-.